The number of amides is 3. The molecule has 1 aromatic heterocycles. The molecule has 1 unspecified atom stereocenters. The number of aliphatic hydroxyl groups excluding tert-OH is 1. The monoisotopic (exact) mass is 511 g/mol. The average molecular weight is 512 g/mol. The number of aromatic nitrogens is 1. The number of carbonyl (C=O) groups excluding carboxylic acids is 3. The summed E-state index contributed by atoms with van der Waals surface area (Å²) < 4.78 is 0. The molecule has 3 rings (SSSR count). The van der Waals surface area contributed by atoms with E-state index in [0.29, 0.717) is 5.02 Å². The van der Waals surface area contributed by atoms with Crippen molar-refractivity contribution < 1.29 is 19.5 Å². The molecule has 3 atom stereocenters. The normalized spacial score (nSPS) is 13.4. The molecule has 0 aliphatic carbocycles. The van der Waals surface area contributed by atoms with E-state index in [9.17, 15) is 19.5 Å². The molecule has 0 radical (unpaired) electrons. The van der Waals surface area contributed by atoms with Gasteiger partial charge in [-0.05, 0) is 42.2 Å². The van der Waals surface area contributed by atoms with Gasteiger partial charge >= 0.3 is 0 Å². The van der Waals surface area contributed by atoms with E-state index in [-0.39, 0.29) is 31.7 Å². The molecule has 0 aliphatic rings. The Bertz CT molecular complexity index is 1210. The van der Waals surface area contributed by atoms with Crippen LogP contribution in [0.3, 0.4) is 0 Å². The maximum Gasteiger partial charge on any atom is 0.243 e. The molecule has 0 bridgehead atoms. The highest BCUT2D eigenvalue weighted by Gasteiger charge is 2.27. The van der Waals surface area contributed by atoms with Gasteiger partial charge in [0.2, 0.25) is 17.7 Å². The third kappa shape index (κ3) is 7.66. The van der Waals surface area contributed by atoms with Crippen LogP contribution in [0, 0.1) is 5.41 Å². The molecule has 6 N–H and O–H groups in total. The van der Waals surface area contributed by atoms with Crippen LogP contribution in [0.2, 0.25) is 5.02 Å². The van der Waals surface area contributed by atoms with Crippen molar-refractivity contribution in [3.63, 3.8) is 0 Å². The molecule has 1 heterocycles. The van der Waals surface area contributed by atoms with Gasteiger partial charge in [-0.3, -0.25) is 14.4 Å². The van der Waals surface area contributed by atoms with Gasteiger partial charge in [0.1, 0.15) is 12.1 Å². The number of carbonyl (C=O) groups is 3. The summed E-state index contributed by atoms with van der Waals surface area (Å²) in [4.78, 5) is 41.2. The number of aliphatic hydroxyl groups is 1. The molecular formula is C26H30ClN5O4. The lowest BCUT2D eigenvalue weighted by Gasteiger charge is -2.23. The van der Waals surface area contributed by atoms with Gasteiger partial charge in [-0.15, -0.1) is 0 Å². The number of rotatable bonds is 12. The highest BCUT2D eigenvalue weighted by molar-refractivity contribution is 6.30. The molecule has 0 spiro atoms. The third-order valence-corrected chi connectivity index (χ3v) is 6.00. The number of benzene rings is 2. The first-order valence-electron chi connectivity index (χ1n) is 11.6. The number of hydrogen-bond acceptors (Lipinski definition) is 5. The van der Waals surface area contributed by atoms with Crippen LogP contribution in [-0.2, 0) is 27.3 Å². The Labute approximate surface area is 214 Å². The second kappa shape index (κ2) is 12.9. The van der Waals surface area contributed by atoms with Crippen LogP contribution in [0.25, 0.3) is 10.9 Å². The lowest BCUT2D eigenvalue weighted by atomic mass is 10.0. The summed E-state index contributed by atoms with van der Waals surface area (Å²) in [6, 6.07) is 12.7. The minimum absolute atomic E-state index is 0.106. The van der Waals surface area contributed by atoms with Gasteiger partial charge in [-0.2, -0.15) is 0 Å². The average Bonchev–Trinajstić information content (AvgIpc) is 3.27. The predicted molar refractivity (Wildman–Crippen MR) is 139 cm³/mol. The van der Waals surface area contributed by atoms with E-state index >= 15 is 0 Å². The molecular weight excluding hydrogens is 482 g/mol. The number of para-hydroxylation sites is 1. The van der Waals surface area contributed by atoms with Crippen molar-refractivity contribution in [3.05, 3.63) is 70.9 Å². The fourth-order valence-corrected chi connectivity index (χ4v) is 3.98. The quantitative estimate of drug-likeness (QED) is 0.207. The minimum Gasteiger partial charge on any atom is -0.387 e. The first-order valence-corrected chi connectivity index (χ1v) is 12.0. The summed E-state index contributed by atoms with van der Waals surface area (Å²) in [6.07, 6.45) is 2.07. The number of fused-ring (bicyclic) bond motifs is 1. The summed E-state index contributed by atoms with van der Waals surface area (Å²) in [6.45, 7) is 1.55. The molecule has 10 heteroatoms. The van der Waals surface area contributed by atoms with Crippen LogP contribution in [0.1, 0.15) is 30.9 Å². The Morgan fingerprint density at radius 1 is 1.03 bits per heavy atom. The Balaban J connectivity index is 1.73. The van der Waals surface area contributed by atoms with Gasteiger partial charge in [0, 0.05) is 48.2 Å². The van der Waals surface area contributed by atoms with Crippen LogP contribution in [0.5, 0.6) is 0 Å². The molecule has 36 heavy (non-hydrogen) atoms. The summed E-state index contributed by atoms with van der Waals surface area (Å²) >= 11 is 5.91. The molecule has 0 fully saturated rings. The van der Waals surface area contributed by atoms with Crippen molar-refractivity contribution in [2.45, 2.75) is 50.9 Å². The van der Waals surface area contributed by atoms with Gasteiger partial charge in [-0.1, -0.05) is 41.9 Å². The molecule has 0 saturated heterocycles. The van der Waals surface area contributed by atoms with E-state index in [0.717, 1.165) is 28.2 Å². The standard InChI is InChI=1S/C26H30ClN5O4/c1-16(33)31-24(12-18-15-29-22-5-3-2-4-21(18)22)26(36)32-23(11-10-20(34)13-28)25(35)30-14-17-6-8-19(27)9-7-17/h2-9,13,15,20,23-24,28-29,34H,10-12,14H2,1H3,(H,30,35)(H,31,33)(H,32,36)/t20?,23-,24-/m0/s1. The zero-order valence-corrected chi connectivity index (χ0v) is 20.6. The number of aromatic amines is 1. The van der Waals surface area contributed by atoms with Gasteiger partial charge < -0.3 is 31.5 Å². The predicted octanol–water partition coefficient (Wildman–Crippen LogP) is 2.46. The summed E-state index contributed by atoms with van der Waals surface area (Å²) in [7, 11) is 0. The molecule has 0 aliphatic heterocycles. The van der Waals surface area contributed by atoms with Crippen LogP contribution >= 0.6 is 11.6 Å². The Kier molecular flexibility index (Phi) is 9.61. The van der Waals surface area contributed by atoms with Gasteiger partial charge in [0.05, 0.1) is 6.10 Å². The second-order valence-corrected chi connectivity index (χ2v) is 8.97. The Hall–Kier alpha value is -3.69. The number of hydrogen-bond donors (Lipinski definition) is 6. The van der Waals surface area contributed by atoms with Crippen molar-refractivity contribution in [2.75, 3.05) is 0 Å². The lowest BCUT2D eigenvalue weighted by molar-refractivity contribution is -0.132. The van der Waals surface area contributed by atoms with Crippen molar-refractivity contribution in [1.82, 2.24) is 20.9 Å². The Morgan fingerprint density at radius 2 is 1.75 bits per heavy atom. The van der Waals surface area contributed by atoms with Crippen molar-refractivity contribution >= 4 is 46.4 Å². The van der Waals surface area contributed by atoms with E-state index < -0.39 is 30.0 Å². The molecule has 3 aromatic rings. The van der Waals surface area contributed by atoms with Gasteiger partial charge in [-0.25, -0.2) is 0 Å². The highest BCUT2D eigenvalue weighted by Crippen LogP contribution is 2.19. The SMILES string of the molecule is CC(=O)N[C@@H](Cc1c[nH]c2ccccc12)C(=O)N[C@@H](CCC(O)C=N)C(=O)NCc1ccc(Cl)cc1. The van der Waals surface area contributed by atoms with Crippen LogP contribution in [0.4, 0.5) is 0 Å². The topological polar surface area (TPSA) is 147 Å². The fraction of sp³-hybridized carbons (Fsp3) is 0.308. The van der Waals surface area contributed by atoms with E-state index in [1.165, 1.54) is 6.92 Å². The van der Waals surface area contributed by atoms with Crippen LogP contribution in [0.15, 0.2) is 54.7 Å². The Morgan fingerprint density at radius 3 is 2.44 bits per heavy atom. The van der Waals surface area contributed by atoms with E-state index in [2.05, 4.69) is 20.9 Å². The van der Waals surface area contributed by atoms with Crippen LogP contribution < -0.4 is 16.0 Å². The van der Waals surface area contributed by atoms with Crippen molar-refractivity contribution in [3.8, 4) is 0 Å². The molecule has 2 aromatic carbocycles. The molecule has 0 saturated carbocycles. The molecule has 9 nitrogen and oxygen atoms in total. The maximum atomic E-state index is 13.2. The molecule has 3 amide bonds. The lowest BCUT2D eigenvalue weighted by Crippen LogP contribution is -2.54. The van der Waals surface area contributed by atoms with E-state index in [4.69, 9.17) is 17.0 Å². The number of halogens is 1. The third-order valence-electron chi connectivity index (χ3n) is 5.75. The summed E-state index contributed by atoms with van der Waals surface area (Å²) in [5.74, 6) is -1.34. The zero-order chi connectivity index (χ0) is 26.1. The van der Waals surface area contributed by atoms with Crippen molar-refractivity contribution in [1.29, 1.82) is 5.41 Å². The van der Waals surface area contributed by atoms with Gasteiger partial charge in [0.25, 0.3) is 0 Å². The summed E-state index contributed by atoms with van der Waals surface area (Å²) in [5, 5.41) is 26.7. The highest BCUT2D eigenvalue weighted by atomic mass is 35.5. The van der Waals surface area contributed by atoms with Crippen LogP contribution in [-0.4, -0.2) is 52.2 Å². The zero-order valence-electron chi connectivity index (χ0n) is 19.9. The van der Waals surface area contributed by atoms with Gasteiger partial charge in [0.15, 0.2) is 0 Å². The summed E-state index contributed by atoms with van der Waals surface area (Å²) in [5.41, 5.74) is 2.59. The fourth-order valence-electron chi connectivity index (χ4n) is 3.85. The first kappa shape index (κ1) is 26.9. The second-order valence-electron chi connectivity index (χ2n) is 8.53. The number of H-pyrrole nitrogens is 1. The maximum absolute atomic E-state index is 13.2. The largest absolute Gasteiger partial charge is 0.387 e. The van der Waals surface area contributed by atoms with Crippen molar-refractivity contribution in [2.24, 2.45) is 0 Å². The smallest absolute Gasteiger partial charge is 0.243 e. The molecule has 190 valence electrons. The number of nitrogens with one attached hydrogen (secondary N) is 5. The minimum atomic E-state index is -1.04. The van der Waals surface area contributed by atoms with E-state index in [1.807, 2.05) is 24.3 Å². The first-order chi connectivity index (χ1) is 17.3. The van der Waals surface area contributed by atoms with E-state index in [1.54, 1.807) is 30.5 Å².